The Morgan fingerprint density at radius 1 is 1.26 bits per heavy atom. The number of aromatic amines is 1. The van der Waals surface area contributed by atoms with Gasteiger partial charge in [0.1, 0.15) is 5.76 Å². The van der Waals surface area contributed by atoms with E-state index in [1.54, 1.807) is 17.4 Å². The number of carbonyl (C=O) groups excluding carboxylic acids is 1. The van der Waals surface area contributed by atoms with Crippen LogP contribution in [0.4, 0.5) is 5.82 Å². The normalized spacial score (nSPS) is 11.0. The van der Waals surface area contributed by atoms with Crippen LogP contribution in [0.25, 0.3) is 17.0 Å². The molecule has 0 radical (unpaired) electrons. The molecule has 136 valence electrons. The zero-order valence-electron chi connectivity index (χ0n) is 14.2. The smallest absolute Gasteiger partial charge is 0.252 e. The van der Waals surface area contributed by atoms with Gasteiger partial charge in [-0.05, 0) is 12.5 Å². The fourth-order valence-corrected chi connectivity index (χ4v) is 3.30. The largest absolute Gasteiger partial charge is 0.360 e. The number of carbonyl (C=O) groups is 1. The van der Waals surface area contributed by atoms with Crippen molar-refractivity contribution in [2.24, 2.45) is 0 Å². The number of H-pyrrole nitrogens is 1. The van der Waals surface area contributed by atoms with Gasteiger partial charge in [-0.2, -0.15) is 0 Å². The minimum Gasteiger partial charge on any atom is -0.360 e. The lowest BCUT2D eigenvalue weighted by Gasteiger charge is -2.07. The molecule has 3 heterocycles. The summed E-state index contributed by atoms with van der Waals surface area (Å²) in [5, 5.41) is 15.0. The van der Waals surface area contributed by atoms with E-state index in [-0.39, 0.29) is 17.2 Å². The topological polar surface area (TPSA) is 118 Å². The predicted octanol–water partition coefficient (Wildman–Crippen LogP) is 2.11. The first-order valence-electron chi connectivity index (χ1n) is 8.00. The zero-order chi connectivity index (χ0) is 18.8. The first-order chi connectivity index (χ1) is 13.1. The highest BCUT2D eigenvalue weighted by atomic mass is 32.2. The molecule has 0 atom stereocenters. The van der Waals surface area contributed by atoms with E-state index in [1.165, 1.54) is 17.8 Å². The van der Waals surface area contributed by atoms with E-state index in [0.29, 0.717) is 28.2 Å². The molecule has 0 aliphatic carbocycles. The minimum absolute atomic E-state index is 0.0973. The molecule has 0 aliphatic rings. The first kappa shape index (κ1) is 17.0. The summed E-state index contributed by atoms with van der Waals surface area (Å²) >= 11 is 1.20. The van der Waals surface area contributed by atoms with Gasteiger partial charge in [0.05, 0.1) is 11.4 Å². The van der Waals surface area contributed by atoms with E-state index in [4.69, 9.17) is 4.52 Å². The molecule has 3 aromatic heterocycles. The number of benzene rings is 1. The number of nitrogens with zero attached hydrogens (tertiary/aromatic N) is 4. The van der Waals surface area contributed by atoms with Gasteiger partial charge in [-0.25, -0.2) is 0 Å². The number of thioether (sulfide) groups is 1. The average molecular weight is 382 g/mol. The maximum Gasteiger partial charge on any atom is 0.252 e. The third kappa shape index (κ3) is 3.60. The van der Waals surface area contributed by atoms with Crippen LogP contribution >= 0.6 is 11.8 Å². The fourth-order valence-electron chi connectivity index (χ4n) is 2.55. The van der Waals surface area contributed by atoms with Crippen LogP contribution < -0.4 is 10.9 Å². The van der Waals surface area contributed by atoms with Crippen molar-refractivity contribution >= 4 is 29.3 Å². The van der Waals surface area contributed by atoms with Gasteiger partial charge in [0.15, 0.2) is 11.0 Å². The average Bonchev–Trinajstić information content (AvgIpc) is 3.26. The fraction of sp³-hybridized carbons (Fsp3) is 0.118. The molecule has 1 amide bonds. The molecular weight excluding hydrogens is 368 g/mol. The molecule has 0 spiro atoms. The summed E-state index contributed by atoms with van der Waals surface area (Å²) in [6.07, 6.45) is 0. The lowest BCUT2D eigenvalue weighted by molar-refractivity contribution is -0.113. The van der Waals surface area contributed by atoms with Crippen LogP contribution in [0.15, 0.2) is 56.9 Å². The van der Waals surface area contributed by atoms with Crippen molar-refractivity contribution < 1.29 is 9.32 Å². The molecule has 0 aliphatic heterocycles. The van der Waals surface area contributed by atoms with Gasteiger partial charge in [-0.1, -0.05) is 47.3 Å². The lowest BCUT2D eigenvalue weighted by atomic mass is 10.1. The van der Waals surface area contributed by atoms with Crippen LogP contribution in [0.3, 0.4) is 0 Å². The van der Waals surface area contributed by atoms with E-state index in [1.807, 2.05) is 30.3 Å². The van der Waals surface area contributed by atoms with Crippen molar-refractivity contribution in [3.05, 3.63) is 58.6 Å². The SMILES string of the molecule is Cc1cc(NC(=O)CSc2nnc3[nH]c(=O)cc(-c4ccccc4)n23)no1. The summed E-state index contributed by atoms with van der Waals surface area (Å²) in [6.45, 7) is 1.74. The van der Waals surface area contributed by atoms with E-state index >= 15 is 0 Å². The molecule has 0 saturated carbocycles. The molecule has 2 N–H and O–H groups in total. The quantitative estimate of drug-likeness (QED) is 0.508. The third-order valence-electron chi connectivity index (χ3n) is 3.67. The highest BCUT2D eigenvalue weighted by molar-refractivity contribution is 7.99. The monoisotopic (exact) mass is 382 g/mol. The van der Waals surface area contributed by atoms with Gasteiger partial charge in [0, 0.05) is 12.1 Å². The summed E-state index contributed by atoms with van der Waals surface area (Å²) in [5.41, 5.74) is 1.22. The number of nitrogens with one attached hydrogen (secondary N) is 2. The predicted molar refractivity (Wildman–Crippen MR) is 99.6 cm³/mol. The molecule has 0 saturated heterocycles. The Labute approximate surface area is 156 Å². The molecule has 0 bridgehead atoms. The first-order valence-corrected chi connectivity index (χ1v) is 8.98. The second kappa shape index (κ2) is 7.08. The Hall–Kier alpha value is -3.40. The Bertz CT molecular complexity index is 1160. The number of anilines is 1. The zero-order valence-corrected chi connectivity index (χ0v) is 15.0. The molecule has 0 fully saturated rings. The van der Waals surface area contributed by atoms with Gasteiger partial charge in [-0.3, -0.25) is 19.0 Å². The molecule has 1 aromatic carbocycles. The van der Waals surface area contributed by atoms with Crippen LogP contribution in [-0.4, -0.2) is 36.4 Å². The third-order valence-corrected chi connectivity index (χ3v) is 4.60. The minimum atomic E-state index is -0.274. The van der Waals surface area contributed by atoms with E-state index in [9.17, 15) is 9.59 Å². The summed E-state index contributed by atoms with van der Waals surface area (Å²) < 4.78 is 6.63. The molecular formula is C17H14N6O3S. The van der Waals surface area contributed by atoms with Crippen molar-refractivity contribution in [1.29, 1.82) is 0 Å². The lowest BCUT2D eigenvalue weighted by Crippen LogP contribution is -2.15. The van der Waals surface area contributed by atoms with Gasteiger partial charge < -0.3 is 9.84 Å². The Morgan fingerprint density at radius 3 is 2.81 bits per heavy atom. The van der Waals surface area contributed by atoms with Crippen molar-refractivity contribution in [3.8, 4) is 11.3 Å². The molecule has 0 unspecified atom stereocenters. The highest BCUT2D eigenvalue weighted by Crippen LogP contribution is 2.24. The van der Waals surface area contributed by atoms with Gasteiger partial charge >= 0.3 is 0 Å². The number of rotatable bonds is 5. The molecule has 9 nitrogen and oxygen atoms in total. The summed E-state index contributed by atoms with van der Waals surface area (Å²) in [7, 11) is 0. The van der Waals surface area contributed by atoms with Crippen LogP contribution in [0.5, 0.6) is 0 Å². The number of amides is 1. The maximum absolute atomic E-state index is 12.1. The van der Waals surface area contributed by atoms with Crippen LogP contribution in [0.2, 0.25) is 0 Å². The van der Waals surface area contributed by atoms with Gasteiger partial charge in [0.2, 0.25) is 11.7 Å². The molecule has 4 rings (SSSR count). The van der Waals surface area contributed by atoms with Gasteiger partial charge in [0.25, 0.3) is 5.56 Å². The van der Waals surface area contributed by atoms with Crippen molar-refractivity contribution in [1.82, 2.24) is 24.7 Å². The second-order valence-electron chi connectivity index (χ2n) is 5.69. The Morgan fingerprint density at radius 2 is 2.07 bits per heavy atom. The van der Waals surface area contributed by atoms with E-state index in [0.717, 1.165) is 5.56 Å². The summed E-state index contributed by atoms with van der Waals surface area (Å²) in [6, 6.07) is 12.6. The van der Waals surface area contributed by atoms with Crippen LogP contribution in [-0.2, 0) is 4.79 Å². The maximum atomic E-state index is 12.1. The van der Waals surface area contributed by atoms with E-state index in [2.05, 4.69) is 25.7 Å². The number of aromatic nitrogens is 5. The van der Waals surface area contributed by atoms with Crippen molar-refractivity contribution in [2.75, 3.05) is 11.1 Å². The van der Waals surface area contributed by atoms with Crippen molar-refractivity contribution in [3.63, 3.8) is 0 Å². The number of hydrogen-bond acceptors (Lipinski definition) is 7. The number of aryl methyl sites for hydroxylation is 1. The highest BCUT2D eigenvalue weighted by Gasteiger charge is 2.15. The Balaban J connectivity index is 1.61. The van der Waals surface area contributed by atoms with Gasteiger partial charge in [-0.15, -0.1) is 10.2 Å². The molecule has 10 heteroatoms. The summed E-state index contributed by atoms with van der Waals surface area (Å²) in [5.74, 6) is 1.13. The van der Waals surface area contributed by atoms with Crippen LogP contribution in [0.1, 0.15) is 5.76 Å². The van der Waals surface area contributed by atoms with Crippen LogP contribution in [0, 0.1) is 6.92 Å². The summed E-state index contributed by atoms with van der Waals surface area (Å²) in [4.78, 5) is 26.7. The molecule has 4 aromatic rings. The second-order valence-corrected chi connectivity index (χ2v) is 6.63. The van der Waals surface area contributed by atoms with Crippen molar-refractivity contribution in [2.45, 2.75) is 12.1 Å². The molecule has 27 heavy (non-hydrogen) atoms. The Kier molecular flexibility index (Phi) is 4.47. The standard InChI is InChI=1S/C17H14N6O3S/c1-10-7-13(22-26-10)18-15(25)9-27-17-21-20-16-19-14(24)8-12(23(16)17)11-5-3-2-4-6-11/h2-8H,9H2,1H3,(H,18,22,25)(H,19,20,24). The number of fused-ring (bicyclic) bond motifs is 1. The van der Waals surface area contributed by atoms with E-state index < -0.39 is 0 Å². The number of hydrogen-bond donors (Lipinski definition) is 2.